The van der Waals surface area contributed by atoms with Gasteiger partial charge in [0.05, 0.1) is 6.04 Å². The maximum Gasteiger partial charge on any atom is 0.435 e. The molecule has 27 heavy (non-hydrogen) atoms. The van der Waals surface area contributed by atoms with Gasteiger partial charge in [-0.15, -0.1) is 0 Å². The van der Waals surface area contributed by atoms with E-state index in [1.165, 1.54) is 17.2 Å². The van der Waals surface area contributed by atoms with Crippen LogP contribution in [0.25, 0.3) is 5.82 Å². The molecule has 0 aliphatic carbocycles. The number of hydrogen-bond acceptors (Lipinski definition) is 6. The number of nitrogens with two attached hydrogens (primary N) is 1. The van der Waals surface area contributed by atoms with Crippen molar-refractivity contribution in [3.8, 4) is 5.82 Å². The van der Waals surface area contributed by atoms with Crippen LogP contribution in [0.1, 0.15) is 24.6 Å². The molecule has 0 amide bonds. The molecule has 1 fully saturated rings. The molecule has 4 heterocycles. The molecule has 2 N–H and O–H groups in total. The number of halogens is 3. The summed E-state index contributed by atoms with van der Waals surface area (Å²) in [5.41, 5.74) is 5.74. The first-order chi connectivity index (χ1) is 12.9. The smallest absolute Gasteiger partial charge is 0.393 e. The van der Waals surface area contributed by atoms with Gasteiger partial charge in [0.2, 0.25) is 0 Å². The van der Waals surface area contributed by atoms with E-state index in [0.717, 1.165) is 18.9 Å². The fourth-order valence-corrected chi connectivity index (χ4v) is 3.26. The van der Waals surface area contributed by atoms with Crippen molar-refractivity contribution in [2.24, 2.45) is 0 Å². The van der Waals surface area contributed by atoms with Gasteiger partial charge in [0, 0.05) is 31.7 Å². The lowest BCUT2D eigenvalue weighted by molar-refractivity contribution is -0.141. The predicted octanol–water partition coefficient (Wildman–Crippen LogP) is 2.30. The number of alkyl halides is 3. The zero-order chi connectivity index (χ0) is 19.0. The Balaban J connectivity index is 1.59. The third kappa shape index (κ3) is 3.32. The third-order valence-corrected chi connectivity index (χ3v) is 4.53. The average Bonchev–Trinajstić information content (AvgIpc) is 3.34. The van der Waals surface area contributed by atoms with Crippen LogP contribution in [-0.4, -0.2) is 42.6 Å². The van der Waals surface area contributed by atoms with E-state index >= 15 is 0 Å². The quantitative estimate of drug-likeness (QED) is 0.752. The molecule has 11 heteroatoms. The van der Waals surface area contributed by atoms with Crippen molar-refractivity contribution < 1.29 is 13.2 Å². The highest BCUT2D eigenvalue weighted by Crippen LogP contribution is 2.32. The summed E-state index contributed by atoms with van der Waals surface area (Å²) in [6.07, 6.45) is 3.18. The Morgan fingerprint density at radius 1 is 1.15 bits per heavy atom. The summed E-state index contributed by atoms with van der Waals surface area (Å²) in [5.74, 6) is 1.01. The summed E-state index contributed by atoms with van der Waals surface area (Å²) in [7, 11) is 0. The van der Waals surface area contributed by atoms with E-state index in [1.54, 1.807) is 23.1 Å². The molecule has 1 atom stereocenters. The van der Waals surface area contributed by atoms with Gasteiger partial charge in [-0.2, -0.15) is 23.4 Å². The molecule has 0 aromatic carbocycles. The Morgan fingerprint density at radius 3 is 2.67 bits per heavy atom. The summed E-state index contributed by atoms with van der Waals surface area (Å²) in [4.78, 5) is 10.4. The molecule has 1 saturated heterocycles. The number of anilines is 2. The van der Waals surface area contributed by atoms with Crippen LogP contribution >= 0.6 is 0 Å². The minimum absolute atomic E-state index is 0.197. The van der Waals surface area contributed by atoms with Crippen LogP contribution in [0.2, 0.25) is 0 Å². The van der Waals surface area contributed by atoms with Crippen molar-refractivity contribution >= 4 is 11.5 Å². The SMILES string of the molecule is Nc1c(N2CCCC(n3ccc(C(F)(F)F)n3)C2)ncnc1-n1cccn1. The van der Waals surface area contributed by atoms with Crippen molar-refractivity contribution in [1.82, 2.24) is 29.5 Å². The Morgan fingerprint density at radius 2 is 1.96 bits per heavy atom. The standard InChI is InChI=1S/C16H17F3N8/c17-16(18,19)12-4-8-26(24-12)11-3-1-6-25(9-11)14-13(20)15(22-10-21-14)27-7-2-5-23-27/h2,4-5,7-8,10-11H,1,3,6,9,20H2. The van der Waals surface area contributed by atoms with Crippen LogP contribution in [0.3, 0.4) is 0 Å². The summed E-state index contributed by atoms with van der Waals surface area (Å²) in [5, 5.41) is 7.83. The number of hydrogen-bond donors (Lipinski definition) is 1. The molecule has 0 spiro atoms. The Hall–Kier alpha value is -3.11. The van der Waals surface area contributed by atoms with Crippen LogP contribution in [0, 0.1) is 0 Å². The van der Waals surface area contributed by atoms with Gasteiger partial charge in [-0.05, 0) is 25.0 Å². The molecule has 0 saturated carbocycles. The lowest BCUT2D eigenvalue weighted by Gasteiger charge is -2.34. The van der Waals surface area contributed by atoms with E-state index in [-0.39, 0.29) is 6.04 Å². The Bertz CT molecular complexity index is 918. The molecule has 142 valence electrons. The topological polar surface area (TPSA) is 90.7 Å². The van der Waals surface area contributed by atoms with E-state index in [1.807, 2.05) is 4.90 Å². The Labute approximate surface area is 152 Å². The number of nitrogens with zero attached hydrogens (tertiary/aromatic N) is 7. The van der Waals surface area contributed by atoms with Crippen LogP contribution < -0.4 is 10.6 Å². The third-order valence-electron chi connectivity index (χ3n) is 4.53. The van der Waals surface area contributed by atoms with E-state index < -0.39 is 11.9 Å². The van der Waals surface area contributed by atoms with Gasteiger partial charge >= 0.3 is 6.18 Å². The maximum atomic E-state index is 12.8. The molecule has 4 rings (SSSR count). The first-order valence-corrected chi connectivity index (χ1v) is 8.41. The predicted molar refractivity (Wildman–Crippen MR) is 91.3 cm³/mol. The van der Waals surface area contributed by atoms with Crippen molar-refractivity contribution in [3.63, 3.8) is 0 Å². The van der Waals surface area contributed by atoms with Crippen molar-refractivity contribution in [2.45, 2.75) is 25.1 Å². The summed E-state index contributed by atoms with van der Waals surface area (Å²) in [6.45, 7) is 1.16. The molecule has 0 bridgehead atoms. The van der Waals surface area contributed by atoms with Gasteiger partial charge in [0.15, 0.2) is 17.3 Å². The minimum atomic E-state index is -4.45. The zero-order valence-corrected chi connectivity index (χ0v) is 14.2. The van der Waals surface area contributed by atoms with Crippen molar-refractivity contribution in [2.75, 3.05) is 23.7 Å². The largest absolute Gasteiger partial charge is 0.435 e. The second kappa shape index (κ2) is 6.56. The summed E-state index contributed by atoms with van der Waals surface area (Å²) >= 11 is 0. The maximum absolute atomic E-state index is 12.8. The van der Waals surface area contributed by atoms with E-state index in [0.29, 0.717) is 30.4 Å². The van der Waals surface area contributed by atoms with E-state index in [9.17, 15) is 13.2 Å². The number of piperidine rings is 1. The molecule has 1 unspecified atom stereocenters. The second-order valence-electron chi connectivity index (χ2n) is 6.31. The molecular formula is C16H17F3N8. The molecular weight excluding hydrogens is 361 g/mol. The van der Waals surface area contributed by atoms with Gasteiger partial charge in [-0.3, -0.25) is 4.68 Å². The number of nitrogen functional groups attached to an aromatic ring is 1. The molecule has 3 aromatic heterocycles. The minimum Gasteiger partial charge on any atom is -0.393 e. The van der Waals surface area contributed by atoms with Crippen LogP contribution in [0.5, 0.6) is 0 Å². The highest BCUT2D eigenvalue weighted by molar-refractivity contribution is 5.70. The van der Waals surface area contributed by atoms with E-state index in [4.69, 9.17) is 5.73 Å². The van der Waals surface area contributed by atoms with Gasteiger partial charge in [0.25, 0.3) is 0 Å². The van der Waals surface area contributed by atoms with Crippen molar-refractivity contribution in [1.29, 1.82) is 0 Å². The van der Waals surface area contributed by atoms with Crippen LogP contribution in [0.4, 0.5) is 24.7 Å². The van der Waals surface area contributed by atoms with Gasteiger partial charge in [-0.25, -0.2) is 14.6 Å². The highest BCUT2D eigenvalue weighted by Gasteiger charge is 2.34. The zero-order valence-electron chi connectivity index (χ0n) is 14.2. The van der Waals surface area contributed by atoms with Crippen LogP contribution in [-0.2, 0) is 6.18 Å². The molecule has 3 aromatic rings. The van der Waals surface area contributed by atoms with Gasteiger partial charge in [0.1, 0.15) is 12.0 Å². The fourth-order valence-electron chi connectivity index (χ4n) is 3.26. The molecule has 1 aliphatic heterocycles. The molecule has 0 radical (unpaired) electrons. The van der Waals surface area contributed by atoms with E-state index in [2.05, 4.69) is 20.2 Å². The second-order valence-corrected chi connectivity index (χ2v) is 6.31. The first-order valence-electron chi connectivity index (χ1n) is 8.41. The van der Waals surface area contributed by atoms with Gasteiger partial charge < -0.3 is 10.6 Å². The average molecular weight is 378 g/mol. The fraction of sp³-hybridized carbons (Fsp3) is 0.375. The lowest BCUT2D eigenvalue weighted by Crippen LogP contribution is -2.38. The van der Waals surface area contributed by atoms with Gasteiger partial charge in [-0.1, -0.05) is 0 Å². The summed E-state index contributed by atoms with van der Waals surface area (Å²) in [6, 6.07) is 2.56. The highest BCUT2D eigenvalue weighted by atomic mass is 19.4. The lowest BCUT2D eigenvalue weighted by atomic mass is 10.1. The normalized spacial score (nSPS) is 18.0. The summed E-state index contributed by atoms with van der Waals surface area (Å²) < 4.78 is 41.4. The molecule has 1 aliphatic rings. The number of aromatic nitrogens is 6. The van der Waals surface area contributed by atoms with Crippen molar-refractivity contribution in [3.05, 3.63) is 42.7 Å². The Kier molecular flexibility index (Phi) is 4.21. The first kappa shape index (κ1) is 17.3. The molecule has 8 nitrogen and oxygen atoms in total. The van der Waals surface area contributed by atoms with Crippen LogP contribution in [0.15, 0.2) is 37.1 Å². The number of rotatable bonds is 3. The monoisotopic (exact) mass is 378 g/mol.